The number of benzene rings is 2. The van der Waals surface area contributed by atoms with Crippen molar-refractivity contribution in [2.45, 2.75) is 17.1 Å². The van der Waals surface area contributed by atoms with Crippen molar-refractivity contribution in [2.24, 2.45) is 0 Å². The van der Waals surface area contributed by atoms with Crippen LogP contribution in [0.15, 0.2) is 41.3 Å². The van der Waals surface area contributed by atoms with Crippen molar-refractivity contribution < 1.29 is 14.3 Å². The number of para-hydroxylation sites is 1. The summed E-state index contributed by atoms with van der Waals surface area (Å²) >= 11 is 13.5. The van der Waals surface area contributed by atoms with Crippen molar-refractivity contribution in [3.8, 4) is 11.5 Å². The Kier molecular flexibility index (Phi) is 6.66. The van der Waals surface area contributed by atoms with Crippen LogP contribution >= 0.6 is 35.0 Å². The van der Waals surface area contributed by atoms with Gasteiger partial charge < -0.3 is 14.8 Å². The van der Waals surface area contributed by atoms with Crippen molar-refractivity contribution in [1.82, 2.24) is 0 Å². The standard InChI is InChI=1S/C17H17Cl2NO3S/c1-10(17(21)20-16-12(18)5-4-6-13(16)19)24-11-7-8-14(22-2)15(9-11)23-3/h4-10H,1-3H3,(H,20,21). The number of ether oxygens (including phenoxy) is 2. The first kappa shape index (κ1) is 18.8. The molecule has 0 aliphatic heterocycles. The van der Waals surface area contributed by atoms with Gasteiger partial charge in [-0.2, -0.15) is 0 Å². The average molecular weight is 386 g/mol. The Morgan fingerprint density at radius 3 is 2.29 bits per heavy atom. The lowest BCUT2D eigenvalue weighted by Gasteiger charge is -2.15. The minimum Gasteiger partial charge on any atom is -0.493 e. The highest BCUT2D eigenvalue weighted by molar-refractivity contribution is 8.00. The van der Waals surface area contributed by atoms with Crippen molar-refractivity contribution >= 4 is 46.6 Å². The van der Waals surface area contributed by atoms with Crippen LogP contribution in [0, 0.1) is 0 Å². The van der Waals surface area contributed by atoms with E-state index in [2.05, 4.69) is 5.32 Å². The first-order valence-electron chi connectivity index (χ1n) is 7.09. The number of anilines is 1. The zero-order valence-electron chi connectivity index (χ0n) is 13.4. The van der Waals surface area contributed by atoms with Crippen LogP contribution < -0.4 is 14.8 Å². The van der Waals surface area contributed by atoms with Gasteiger partial charge in [-0.1, -0.05) is 29.3 Å². The molecular weight excluding hydrogens is 369 g/mol. The van der Waals surface area contributed by atoms with Gasteiger partial charge in [-0.15, -0.1) is 11.8 Å². The van der Waals surface area contributed by atoms with Crippen LogP contribution in [0.5, 0.6) is 11.5 Å². The Morgan fingerprint density at radius 1 is 1.08 bits per heavy atom. The van der Waals surface area contributed by atoms with Gasteiger partial charge in [-0.25, -0.2) is 0 Å². The van der Waals surface area contributed by atoms with Crippen molar-refractivity contribution in [1.29, 1.82) is 0 Å². The quantitative estimate of drug-likeness (QED) is 0.700. The predicted octanol–water partition coefficient (Wildman–Crippen LogP) is 5.13. The van der Waals surface area contributed by atoms with Gasteiger partial charge in [0.15, 0.2) is 11.5 Å². The zero-order chi connectivity index (χ0) is 17.7. The van der Waals surface area contributed by atoms with Crippen LogP contribution in [-0.2, 0) is 4.79 Å². The van der Waals surface area contributed by atoms with E-state index < -0.39 is 0 Å². The summed E-state index contributed by atoms with van der Waals surface area (Å²) in [5, 5.41) is 3.22. The SMILES string of the molecule is COc1ccc(SC(C)C(=O)Nc2c(Cl)cccc2Cl)cc1OC. The zero-order valence-corrected chi connectivity index (χ0v) is 15.8. The Labute approximate surface area is 155 Å². The highest BCUT2D eigenvalue weighted by Crippen LogP contribution is 2.35. The molecular formula is C17H17Cl2NO3S. The molecule has 2 rings (SSSR count). The Hall–Kier alpha value is -1.56. The number of amides is 1. The second kappa shape index (κ2) is 8.51. The predicted molar refractivity (Wildman–Crippen MR) is 100.0 cm³/mol. The van der Waals surface area contributed by atoms with Crippen LogP contribution in [0.2, 0.25) is 10.0 Å². The van der Waals surface area contributed by atoms with Gasteiger partial charge in [0.1, 0.15) is 0 Å². The van der Waals surface area contributed by atoms with E-state index in [1.807, 2.05) is 19.1 Å². The van der Waals surface area contributed by atoms with E-state index in [0.717, 1.165) is 4.90 Å². The van der Waals surface area contributed by atoms with E-state index in [4.69, 9.17) is 32.7 Å². The summed E-state index contributed by atoms with van der Waals surface area (Å²) in [6.07, 6.45) is 0. The summed E-state index contributed by atoms with van der Waals surface area (Å²) in [4.78, 5) is 13.3. The molecule has 1 N–H and O–H groups in total. The fraction of sp³-hybridized carbons (Fsp3) is 0.235. The number of halogens is 2. The minimum atomic E-state index is -0.351. The van der Waals surface area contributed by atoms with Crippen LogP contribution in [-0.4, -0.2) is 25.4 Å². The molecule has 1 unspecified atom stereocenters. The molecule has 1 amide bonds. The number of hydrogen-bond acceptors (Lipinski definition) is 4. The van der Waals surface area contributed by atoms with E-state index >= 15 is 0 Å². The molecule has 2 aromatic carbocycles. The molecule has 0 radical (unpaired) electrons. The summed E-state index contributed by atoms with van der Waals surface area (Å²) in [5.41, 5.74) is 0.422. The number of carbonyl (C=O) groups excluding carboxylic acids is 1. The van der Waals surface area contributed by atoms with E-state index in [1.54, 1.807) is 38.5 Å². The minimum absolute atomic E-state index is 0.190. The van der Waals surface area contributed by atoms with E-state index in [9.17, 15) is 4.79 Å². The molecule has 0 aromatic heterocycles. The number of methoxy groups -OCH3 is 2. The number of hydrogen-bond donors (Lipinski definition) is 1. The second-order valence-electron chi connectivity index (χ2n) is 4.86. The van der Waals surface area contributed by atoms with Gasteiger partial charge >= 0.3 is 0 Å². The van der Waals surface area contributed by atoms with E-state index in [-0.39, 0.29) is 11.2 Å². The van der Waals surface area contributed by atoms with Gasteiger partial charge in [0.05, 0.1) is 35.2 Å². The van der Waals surface area contributed by atoms with E-state index in [0.29, 0.717) is 27.2 Å². The van der Waals surface area contributed by atoms with Gasteiger partial charge in [0.2, 0.25) is 5.91 Å². The van der Waals surface area contributed by atoms with Crippen LogP contribution in [0.1, 0.15) is 6.92 Å². The molecule has 1 atom stereocenters. The molecule has 0 aliphatic rings. The molecule has 0 aliphatic carbocycles. The second-order valence-corrected chi connectivity index (χ2v) is 7.09. The van der Waals surface area contributed by atoms with Gasteiger partial charge in [-0.3, -0.25) is 4.79 Å². The van der Waals surface area contributed by atoms with Crippen LogP contribution in [0.25, 0.3) is 0 Å². The summed E-state index contributed by atoms with van der Waals surface area (Å²) < 4.78 is 10.5. The van der Waals surface area contributed by atoms with Crippen molar-refractivity contribution in [3.05, 3.63) is 46.4 Å². The highest BCUT2D eigenvalue weighted by atomic mass is 35.5. The summed E-state index contributed by atoms with van der Waals surface area (Å²) in [6.45, 7) is 1.81. The summed E-state index contributed by atoms with van der Waals surface area (Å²) in [7, 11) is 3.15. The number of rotatable bonds is 6. The molecule has 128 valence electrons. The third kappa shape index (κ3) is 4.50. The van der Waals surface area contributed by atoms with E-state index in [1.165, 1.54) is 11.8 Å². The highest BCUT2D eigenvalue weighted by Gasteiger charge is 2.18. The third-order valence-corrected chi connectivity index (χ3v) is 4.97. The third-order valence-electron chi connectivity index (χ3n) is 3.25. The topological polar surface area (TPSA) is 47.6 Å². The molecule has 24 heavy (non-hydrogen) atoms. The molecule has 0 saturated carbocycles. The first-order valence-corrected chi connectivity index (χ1v) is 8.73. The lowest BCUT2D eigenvalue weighted by atomic mass is 10.3. The summed E-state index contributed by atoms with van der Waals surface area (Å²) in [5.74, 6) is 1.07. The largest absolute Gasteiger partial charge is 0.493 e. The molecule has 0 saturated heterocycles. The van der Waals surface area contributed by atoms with Gasteiger partial charge in [0.25, 0.3) is 0 Å². The van der Waals surface area contributed by atoms with Crippen molar-refractivity contribution in [3.63, 3.8) is 0 Å². The van der Waals surface area contributed by atoms with Crippen LogP contribution in [0.4, 0.5) is 5.69 Å². The first-order chi connectivity index (χ1) is 11.5. The average Bonchev–Trinajstić information content (AvgIpc) is 2.57. The van der Waals surface area contributed by atoms with Crippen LogP contribution in [0.3, 0.4) is 0 Å². The molecule has 0 bridgehead atoms. The molecule has 0 fully saturated rings. The maximum absolute atomic E-state index is 12.4. The normalized spacial score (nSPS) is 11.7. The Bertz CT molecular complexity index is 720. The molecule has 0 spiro atoms. The maximum Gasteiger partial charge on any atom is 0.237 e. The number of nitrogens with one attached hydrogen (secondary N) is 1. The maximum atomic E-state index is 12.4. The Morgan fingerprint density at radius 2 is 1.71 bits per heavy atom. The van der Waals surface area contributed by atoms with Crippen molar-refractivity contribution in [2.75, 3.05) is 19.5 Å². The monoisotopic (exact) mass is 385 g/mol. The van der Waals surface area contributed by atoms with Gasteiger partial charge in [0, 0.05) is 4.90 Å². The lowest BCUT2D eigenvalue weighted by Crippen LogP contribution is -2.22. The molecule has 7 heteroatoms. The lowest BCUT2D eigenvalue weighted by molar-refractivity contribution is -0.115. The van der Waals surface area contributed by atoms with Gasteiger partial charge in [-0.05, 0) is 37.3 Å². The smallest absolute Gasteiger partial charge is 0.237 e. The fourth-order valence-corrected chi connectivity index (χ4v) is 3.38. The number of thioether (sulfide) groups is 1. The number of carbonyl (C=O) groups is 1. The molecule has 2 aromatic rings. The fourth-order valence-electron chi connectivity index (χ4n) is 1.99. The summed E-state index contributed by atoms with van der Waals surface area (Å²) in [6, 6.07) is 10.6. The Balaban J connectivity index is 2.09. The molecule has 4 nitrogen and oxygen atoms in total. The molecule has 0 heterocycles.